The summed E-state index contributed by atoms with van der Waals surface area (Å²) in [5, 5.41) is 25.8. The van der Waals surface area contributed by atoms with E-state index in [2.05, 4.69) is 112 Å². The van der Waals surface area contributed by atoms with Gasteiger partial charge in [-0.25, -0.2) is 17.5 Å². The van der Waals surface area contributed by atoms with E-state index in [9.17, 15) is 32.0 Å². The van der Waals surface area contributed by atoms with Crippen molar-refractivity contribution in [3.8, 4) is 17.5 Å². The summed E-state index contributed by atoms with van der Waals surface area (Å²) in [6.45, 7) is 31.4. The van der Waals surface area contributed by atoms with Crippen LogP contribution in [0.15, 0.2) is 97.3 Å². The number of halogens is 3. The lowest BCUT2D eigenvalue weighted by atomic mass is 9.86. The number of nitrogens with zero attached hydrogens (tertiary/aromatic N) is 14. The molecule has 5 aromatic carbocycles. The Morgan fingerprint density at radius 3 is 2.16 bits per heavy atom. The number of hydrogen-bond acceptors (Lipinski definition) is 21. The van der Waals surface area contributed by atoms with Crippen LogP contribution in [0.3, 0.4) is 0 Å². The summed E-state index contributed by atoms with van der Waals surface area (Å²) >= 11 is 12.5. The van der Waals surface area contributed by atoms with Gasteiger partial charge in [0.1, 0.15) is 29.4 Å². The normalized spacial score (nSPS) is 19.6. The maximum absolute atomic E-state index is 13.6. The molecule has 0 aliphatic carbocycles. The number of amides is 3. The number of imidazole rings is 1. The van der Waals surface area contributed by atoms with E-state index in [0.717, 1.165) is 154 Å². The standard InChI is InChI=1S/C20H30FN3O.C19H25ClN2O2.C19H29N5O3S.C19H21N5O2.C17H20ClN5O/c1-4-5-10-23-11-8-16(9-12-23)14-25-20-22-18-7-6-17(21)13-19(18)24(20)15(2)3;20-15-12-14(18-13(17(15)21)4-1-11-24-18)16(23)5-8-19-6-2-9-22(19)10-3-7-19;1-14(2)24-17-7-5-4-6-16(17)18(22-24)19(25)21-15-8-11-23(12-9-15)13-10-20-28(3,26)27;1-12-15(11-20-21-12)13-5-7-23(8-6-13)19(25)17-14-3-2-4-16-18(14)24(22-17)9-10-26-16;18-14-8-13(16-12(15(14)19)2-1-3-20-16)17(24)21-9-11-10-22-4-6-23(11)7-5-22/h6-7,13,15-16H,4-5,8-12,14H2,1-3H3;12H,1-11,21H2;4-7,14-15,20H,8-13H2,1-3H3,(H,21,25);2-4,11,13H,5-10H2,1H3,(H,20,21);1-3,8,11H,4-7,9-10,19H2,(H,21,24). The lowest BCUT2D eigenvalue weighted by molar-refractivity contribution is 0.0138. The number of rotatable bonds is 23. The van der Waals surface area contributed by atoms with E-state index in [1.807, 2.05) is 73.6 Å². The van der Waals surface area contributed by atoms with Gasteiger partial charge in [0.25, 0.3) is 23.7 Å². The minimum atomic E-state index is -3.15. The number of sulfonamides is 1. The number of unbranched alkanes of at least 4 members (excludes halogenated alkanes) is 1. The van der Waals surface area contributed by atoms with Gasteiger partial charge in [-0.2, -0.15) is 20.3 Å². The number of piperazine rings is 3. The topological polar surface area (TPSA) is 333 Å². The SMILES string of the molecule is CC(C)n1nc(C(=O)NC2CCN(CCNS(C)(=O)=O)CC2)c2ccccc21.CCCCN1CCC(COc2nc3ccc(F)cc3n2C(C)C)CC1.Cc1[nH]ncc1C1CCN(C(=O)c2nn3c4c(cccc24)OCC3)CC1.Nc1c(Cl)cc(C(=O)CCC23CCCN2CCC3)c2c1CCCO2.Nc1c(Cl)cc(C(=O)NCC2CN3CCN2CC3)c2ncccc12. The largest absolute Gasteiger partial charge is 0.492 e. The minimum Gasteiger partial charge on any atom is -0.492 e. The first kappa shape index (κ1) is 92.2. The van der Waals surface area contributed by atoms with Crippen LogP contribution < -0.4 is 41.0 Å². The highest BCUT2D eigenvalue weighted by molar-refractivity contribution is 7.88. The van der Waals surface area contributed by atoms with Gasteiger partial charge in [0, 0.05) is 148 Å². The van der Waals surface area contributed by atoms with E-state index in [-0.39, 0.29) is 53.0 Å². The molecular formula is C94H125Cl2FN20O9S. The quantitative estimate of drug-likeness (QED) is 0.0256. The Bertz CT molecular complexity index is 5640. The summed E-state index contributed by atoms with van der Waals surface area (Å²) in [6, 6.07) is 26.8. The Hall–Kier alpha value is -9.57. The molecule has 15 heterocycles. The van der Waals surface area contributed by atoms with Gasteiger partial charge < -0.3 is 51.0 Å². The van der Waals surface area contributed by atoms with Crippen molar-refractivity contribution >= 4 is 112 Å². The first-order chi connectivity index (χ1) is 61.3. The third-order valence-electron chi connectivity index (χ3n) is 26.9. The molecule has 0 radical (unpaired) electrons. The van der Waals surface area contributed by atoms with Crippen molar-refractivity contribution < 1.29 is 46.2 Å². The highest BCUT2D eigenvalue weighted by Crippen LogP contribution is 2.45. The molecule has 127 heavy (non-hydrogen) atoms. The molecule has 1 unspecified atom stereocenters. The smallest absolute Gasteiger partial charge is 0.297 e. The molecule has 10 aliphatic heterocycles. The van der Waals surface area contributed by atoms with Crippen LogP contribution in [0.2, 0.25) is 10.0 Å². The van der Waals surface area contributed by atoms with Crippen molar-refractivity contribution in [2.45, 2.75) is 186 Å². The van der Waals surface area contributed by atoms with Crippen LogP contribution in [-0.4, -0.2) is 261 Å². The predicted molar refractivity (Wildman–Crippen MR) is 497 cm³/mol. The van der Waals surface area contributed by atoms with E-state index in [1.165, 1.54) is 102 Å². The van der Waals surface area contributed by atoms with Crippen molar-refractivity contribution in [1.82, 2.24) is 89.0 Å². The summed E-state index contributed by atoms with van der Waals surface area (Å²) in [5.74, 6) is 2.18. The molecule has 29 nitrogen and oxygen atoms in total. The molecular weight excluding hydrogens is 1680 g/mol. The van der Waals surface area contributed by atoms with Crippen LogP contribution in [0, 0.1) is 18.7 Å². The molecule has 8 N–H and O–H groups in total. The number of ether oxygens (including phenoxy) is 3. The molecule has 3 amide bonds. The summed E-state index contributed by atoms with van der Waals surface area (Å²) in [6.07, 6.45) is 21.5. The highest BCUT2D eigenvalue weighted by Gasteiger charge is 2.44. The number of aryl methyl sites for hydroxylation is 1. The van der Waals surface area contributed by atoms with E-state index >= 15 is 0 Å². The Kier molecular flexibility index (Phi) is 30.1. The average Bonchev–Trinajstić information content (AvgIpc) is 1.64. The highest BCUT2D eigenvalue weighted by atomic mass is 35.5. The fourth-order valence-corrected chi connectivity index (χ4v) is 20.8. The van der Waals surface area contributed by atoms with Crippen molar-refractivity contribution in [3.63, 3.8) is 0 Å². The van der Waals surface area contributed by atoms with E-state index in [0.29, 0.717) is 137 Å². The number of likely N-dealkylation sites (tertiary alicyclic amines) is 3. The number of anilines is 2. The first-order valence-electron chi connectivity index (χ1n) is 45.8. The molecule has 2 bridgehead atoms. The number of fused-ring (bicyclic) bond motifs is 8. The lowest BCUT2D eigenvalue weighted by Gasteiger charge is -2.47. The van der Waals surface area contributed by atoms with E-state index in [4.69, 9.17) is 48.9 Å². The Morgan fingerprint density at radius 1 is 0.732 bits per heavy atom. The third kappa shape index (κ3) is 21.6. The summed E-state index contributed by atoms with van der Waals surface area (Å²) in [7, 11) is -3.15. The summed E-state index contributed by atoms with van der Waals surface area (Å²) in [5.41, 5.74) is 22.9. The Balaban J connectivity index is 0.000000122. The van der Waals surface area contributed by atoms with E-state index in [1.54, 1.807) is 36.5 Å². The van der Waals surface area contributed by atoms with Crippen LogP contribution in [0.1, 0.15) is 207 Å². The van der Waals surface area contributed by atoms with Crippen LogP contribution in [0.4, 0.5) is 15.8 Å². The molecule has 33 heteroatoms. The van der Waals surface area contributed by atoms with Gasteiger partial charge in [0.15, 0.2) is 17.2 Å². The number of nitrogen functional groups attached to an aromatic ring is 2. The molecule has 5 aromatic heterocycles. The number of Topliss-reactive ketones (excluding diaryl/α,β-unsaturated/α-hetero) is 1. The minimum absolute atomic E-state index is 0.0233. The number of H-pyrrole nitrogens is 1. The second-order valence-electron chi connectivity index (χ2n) is 36.0. The fraction of sp³-hybridized carbons (Fsp3) is 0.543. The second kappa shape index (κ2) is 41.5. The van der Waals surface area contributed by atoms with Crippen LogP contribution in [0.5, 0.6) is 17.5 Å². The summed E-state index contributed by atoms with van der Waals surface area (Å²) in [4.78, 5) is 74.7. The van der Waals surface area contributed by atoms with Crippen LogP contribution in [-0.2, 0) is 23.0 Å². The first-order valence-corrected chi connectivity index (χ1v) is 48.4. The number of carbonyl (C=O) groups is 4. The molecule has 20 rings (SSSR count). The van der Waals surface area contributed by atoms with Crippen molar-refractivity contribution in [1.29, 1.82) is 0 Å². The van der Waals surface area contributed by atoms with Gasteiger partial charge >= 0.3 is 0 Å². The fourth-order valence-electron chi connectivity index (χ4n) is 19.9. The third-order valence-corrected chi connectivity index (χ3v) is 28.2. The van der Waals surface area contributed by atoms with Gasteiger partial charge in [0.05, 0.1) is 86.8 Å². The number of para-hydroxylation sites is 2. The van der Waals surface area contributed by atoms with Crippen molar-refractivity contribution in [3.05, 3.63) is 153 Å². The zero-order valence-corrected chi connectivity index (χ0v) is 76.8. The number of nitrogens with one attached hydrogen (secondary N) is 4. The summed E-state index contributed by atoms with van der Waals surface area (Å²) < 4.78 is 61.8. The zero-order chi connectivity index (χ0) is 89.2. The van der Waals surface area contributed by atoms with Crippen molar-refractivity contribution in [2.75, 3.05) is 149 Å². The number of aromatic nitrogens is 9. The molecule has 0 spiro atoms. The molecule has 10 aromatic rings. The number of carbonyl (C=O) groups excluding carboxylic acids is 4. The zero-order valence-electron chi connectivity index (χ0n) is 74.5. The van der Waals surface area contributed by atoms with Gasteiger partial charge in [-0.3, -0.25) is 57.9 Å². The molecule has 10 aliphatic rings. The molecule has 1 atom stereocenters. The number of aromatic amines is 1. The monoisotopic (exact) mass is 1800 g/mol. The Labute approximate surface area is 753 Å². The molecule has 682 valence electrons. The maximum Gasteiger partial charge on any atom is 0.297 e. The second-order valence-corrected chi connectivity index (χ2v) is 38.7. The lowest BCUT2D eigenvalue weighted by Crippen LogP contribution is -2.63. The van der Waals surface area contributed by atoms with Gasteiger partial charge in [-0.15, -0.1) is 0 Å². The van der Waals surface area contributed by atoms with Gasteiger partial charge in [0.2, 0.25) is 10.0 Å². The molecule has 8 saturated heterocycles. The van der Waals surface area contributed by atoms with Gasteiger partial charge in [-0.1, -0.05) is 66.9 Å². The molecule has 0 saturated carbocycles. The average molecular weight is 1800 g/mol. The van der Waals surface area contributed by atoms with Crippen LogP contribution in [0.25, 0.3) is 43.7 Å². The number of nitrogens with two attached hydrogens (primary N) is 2. The predicted octanol–water partition coefficient (Wildman–Crippen LogP) is 13.5. The van der Waals surface area contributed by atoms with E-state index < -0.39 is 10.0 Å². The molecule has 8 fully saturated rings. The number of piperidine rings is 3. The van der Waals surface area contributed by atoms with Crippen molar-refractivity contribution in [2.24, 2.45) is 5.92 Å². The number of benzene rings is 5. The number of hydrogen-bond donors (Lipinski definition) is 6. The maximum atomic E-state index is 13.6. The Morgan fingerprint density at radius 2 is 1.45 bits per heavy atom. The number of pyridine rings is 1. The van der Waals surface area contributed by atoms with Gasteiger partial charge in [-0.05, 0) is 229 Å². The van der Waals surface area contributed by atoms with Crippen LogP contribution >= 0.6 is 23.2 Å². The number of ketones is 1.